The molecule has 2 aromatic rings. The van der Waals surface area contributed by atoms with Gasteiger partial charge in [0, 0.05) is 51.4 Å². The minimum Gasteiger partial charge on any atom is -0.336 e. The van der Waals surface area contributed by atoms with E-state index in [0.717, 1.165) is 17.9 Å². The molecule has 1 aliphatic rings. The molecular weight excluding hydrogens is 331 g/mol. The Balaban J connectivity index is 1.58. The molecule has 3 rings (SSSR count). The Labute approximate surface area is 153 Å². The number of halogens is 1. The lowest BCUT2D eigenvalue weighted by Crippen LogP contribution is -2.33. The lowest BCUT2D eigenvalue weighted by Gasteiger charge is -2.27. The summed E-state index contributed by atoms with van der Waals surface area (Å²) in [5, 5.41) is 3.41. The Morgan fingerprint density at radius 2 is 2.12 bits per heavy atom. The van der Waals surface area contributed by atoms with Crippen molar-refractivity contribution in [1.29, 1.82) is 0 Å². The van der Waals surface area contributed by atoms with Gasteiger partial charge in [0.05, 0.1) is 6.04 Å². The van der Waals surface area contributed by atoms with E-state index in [2.05, 4.69) is 10.3 Å². The van der Waals surface area contributed by atoms with Crippen LogP contribution in [0.3, 0.4) is 0 Å². The first-order chi connectivity index (χ1) is 12.6. The third kappa shape index (κ3) is 4.02. The molecule has 0 radical (unpaired) electrons. The van der Waals surface area contributed by atoms with E-state index in [-0.39, 0.29) is 23.7 Å². The van der Waals surface area contributed by atoms with E-state index in [1.807, 2.05) is 41.8 Å². The molecule has 1 fully saturated rings. The number of hydrogen-bond donors (Lipinski definition) is 1. The number of aryl methyl sites for hydroxylation is 1. The van der Waals surface area contributed by atoms with Gasteiger partial charge in [0.15, 0.2) is 0 Å². The van der Waals surface area contributed by atoms with Gasteiger partial charge in [-0.2, -0.15) is 0 Å². The molecule has 0 aliphatic carbocycles. The van der Waals surface area contributed by atoms with Crippen LogP contribution >= 0.6 is 0 Å². The molecule has 0 spiro atoms. The lowest BCUT2D eigenvalue weighted by molar-refractivity contribution is -0.128. The molecule has 2 atom stereocenters. The normalized spacial score (nSPS) is 20.4. The molecule has 2 heterocycles. The van der Waals surface area contributed by atoms with Crippen LogP contribution in [0.5, 0.6) is 0 Å². The summed E-state index contributed by atoms with van der Waals surface area (Å²) in [6, 6.07) is 6.42. The third-order valence-electron chi connectivity index (χ3n) is 4.85. The Morgan fingerprint density at radius 3 is 2.77 bits per heavy atom. The van der Waals surface area contributed by atoms with Crippen LogP contribution in [-0.4, -0.2) is 40.0 Å². The second kappa shape index (κ2) is 8.27. The van der Waals surface area contributed by atoms with Crippen LogP contribution in [0.1, 0.15) is 30.8 Å². The highest BCUT2D eigenvalue weighted by Crippen LogP contribution is 2.36. The number of nitrogens with one attached hydrogen (secondary N) is 1. The van der Waals surface area contributed by atoms with Gasteiger partial charge in [-0.1, -0.05) is 24.3 Å². The van der Waals surface area contributed by atoms with Gasteiger partial charge in [-0.25, -0.2) is 9.37 Å². The maximum atomic E-state index is 12.9. The number of carbonyl (C=O) groups excluding carboxylic acids is 1. The van der Waals surface area contributed by atoms with Gasteiger partial charge >= 0.3 is 0 Å². The van der Waals surface area contributed by atoms with E-state index in [9.17, 15) is 9.18 Å². The zero-order chi connectivity index (χ0) is 18.5. The largest absolute Gasteiger partial charge is 0.336 e. The minimum absolute atomic E-state index is 0.0149. The van der Waals surface area contributed by atoms with Crippen molar-refractivity contribution in [2.24, 2.45) is 13.0 Å². The van der Waals surface area contributed by atoms with E-state index < -0.39 is 0 Å². The Hall–Kier alpha value is -2.47. The summed E-state index contributed by atoms with van der Waals surface area (Å²) < 4.78 is 14.9. The summed E-state index contributed by atoms with van der Waals surface area (Å²) in [4.78, 5) is 18.7. The number of hydrogen-bond acceptors (Lipinski definition) is 3. The molecule has 0 saturated carbocycles. The molecule has 1 amide bonds. The van der Waals surface area contributed by atoms with Crippen molar-refractivity contribution in [1.82, 2.24) is 19.8 Å². The Morgan fingerprint density at radius 1 is 1.35 bits per heavy atom. The number of rotatable bonds is 7. The molecule has 1 aliphatic heterocycles. The van der Waals surface area contributed by atoms with Crippen LogP contribution in [0.25, 0.3) is 6.08 Å². The SMILES string of the molecule is CCN1C(=O)C[C@@H](CNC/C=C/c2ccc(F)cc2)C1c1nccn1C. The van der Waals surface area contributed by atoms with Gasteiger partial charge in [0.1, 0.15) is 11.6 Å². The lowest BCUT2D eigenvalue weighted by atomic mass is 9.99. The van der Waals surface area contributed by atoms with Crippen LogP contribution in [0.4, 0.5) is 4.39 Å². The van der Waals surface area contributed by atoms with Gasteiger partial charge in [-0.3, -0.25) is 4.79 Å². The standard InChI is InChI=1S/C20H25FN4O/c1-3-25-18(26)13-16(19(25)20-23-11-12-24(20)2)14-22-10-4-5-15-6-8-17(21)9-7-15/h4-9,11-12,16,19,22H,3,10,13-14H2,1-2H3/b5-4+/t16-,19?/m0/s1. The molecule has 1 aromatic carbocycles. The monoisotopic (exact) mass is 356 g/mol. The number of aromatic nitrogens is 2. The number of carbonyl (C=O) groups is 1. The maximum Gasteiger partial charge on any atom is 0.223 e. The molecular formula is C20H25FN4O. The number of amides is 1. The number of benzene rings is 1. The van der Waals surface area contributed by atoms with Crippen molar-refractivity contribution in [2.45, 2.75) is 19.4 Å². The fourth-order valence-corrected chi connectivity index (χ4v) is 3.55. The van der Waals surface area contributed by atoms with Crippen molar-refractivity contribution in [3.05, 3.63) is 59.9 Å². The van der Waals surface area contributed by atoms with Crippen molar-refractivity contribution in [2.75, 3.05) is 19.6 Å². The van der Waals surface area contributed by atoms with Crippen LogP contribution in [0, 0.1) is 11.7 Å². The fraction of sp³-hybridized carbons (Fsp3) is 0.400. The third-order valence-corrected chi connectivity index (χ3v) is 4.85. The van der Waals surface area contributed by atoms with Gasteiger partial charge in [0.2, 0.25) is 5.91 Å². The molecule has 6 heteroatoms. The molecule has 26 heavy (non-hydrogen) atoms. The van der Waals surface area contributed by atoms with Crippen LogP contribution < -0.4 is 5.32 Å². The average molecular weight is 356 g/mol. The van der Waals surface area contributed by atoms with Crippen molar-refractivity contribution < 1.29 is 9.18 Å². The minimum atomic E-state index is -0.230. The van der Waals surface area contributed by atoms with E-state index >= 15 is 0 Å². The predicted octanol–water partition coefficient (Wildman–Crippen LogP) is 2.77. The second-order valence-corrected chi connectivity index (χ2v) is 6.60. The maximum absolute atomic E-state index is 12.9. The Kier molecular flexibility index (Phi) is 5.83. The van der Waals surface area contributed by atoms with Crippen molar-refractivity contribution in [3.8, 4) is 0 Å². The quantitative estimate of drug-likeness (QED) is 0.776. The summed E-state index contributed by atoms with van der Waals surface area (Å²) in [7, 11) is 1.97. The van der Waals surface area contributed by atoms with Gasteiger partial charge < -0.3 is 14.8 Å². The van der Waals surface area contributed by atoms with Gasteiger partial charge in [0.25, 0.3) is 0 Å². The predicted molar refractivity (Wildman–Crippen MR) is 99.7 cm³/mol. The highest BCUT2D eigenvalue weighted by Gasteiger charge is 2.41. The first-order valence-electron chi connectivity index (χ1n) is 8.99. The van der Waals surface area contributed by atoms with Gasteiger partial charge in [-0.15, -0.1) is 0 Å². The van der Waals surface area contributed by atoms with Crippen LogP contribution in [-0.2, 0) is 11.8 Å². The summed E-state index contributed by atoms with van der Waals surface area (Å²) in [6.45, 7) is 4.14. The van der Waals surface area contributed by atoms with E-state index in [1.165, 1.54) is 12.1 Å². The number of likely N-dealkylation sites (tertiary alicyclic amines) is 1. The summed E-state index contributed by atoms with van der Waals surface area (Å²) in [5.41, 5.74) is 0.965. The van der Waals surface area contributed by atoms with E-state index in [4.69, 9.17) is 0 Å². The zero-order valence-corrected chi connectivity index (χ0v) is 15.2. The molecule has 5 nitrogen and oxygen atoms in total. The van der Waals surface area contributed by atoms with Crippen LogP contribution in [0.15, 0.2) is 42.7 Å². The molecule has 1 aromatic heterocycles. The summed E-state index contributed by atoms with van der Waals surface area (Å²) in [5.74, 6) is 1.09. The van der Waals surface area contributed by atoms with Crippen LogP contribution in [0.2, 0.25) is 0 Å². The van der Waals surface area contributed by atoms with Crippen molar-refractivity contribution >= 4 is 12.0 Å². The average Bonchev–Trinajstić information content (AvgIpc) is 3.18. The molecule has 0 bridgehead atoms. The summed E-state index contributed by atoms with van der Waals surface area (Å²) >= 11 is 0. The smallest absolute Gasteiger partial charge is 0.223 e. The molecule has 138 valence electrons. The zero-order valence-electron chi connectivity index (χ0n) is 15.2. The molecule has 1 N–H and O–H groups in total. The molecule has 1 unspecified atom stereocenters. The fourth-order valence-electron chi connectivity index (χ4n) is 3.55. The Bertz CT molecular complexity index is 768. The number of imidazole rings is 1. The second-order valence-electron chi connectivity index (χ2n) is 6.60. The number of nitrogens with zero attached hydrogens (tertiary/aromatic N) is 3. The highest BCUT2D eigenvalue weighted by atomic mass is 19.1. The first kappa shape index (κ1) is 18.3. The molecule has 1 saturated heterocycles. The topological polar surface area (TPSA) is 50.2 Å². The van der Waals surface area contributed by atoms with Crippen molar-refractivity contribution in [3.63, 3.8) is 0 Å². The van der Waals surface area contributed by atoms with E-state index in [0.29, 0.717) is 19.5 Å². The summed E-state index contributed by atoms with van der Waals surface area (Å²) in [6.07, 6.45) is 8.21. The van der Waals surface area contributed by atoms with Gasteiger partial charge in [-0.05, 0) is 24.6 Å². The van der Waals surface area contributed by atoms with E-state index in [1.54, 1.807) is 18.3 Å². The highest BCUT2D eigenvalue weighted by molar-refractivity contribution is 5.79. The first-order valence-corrected chi connectivity index (χ1v) is 8.99.